The van der Waals surface area contributed by atoms with Crippen molar-refractivity contribution in [1.82, 2.24) is 9.97 Å². The summed E-state index contributed by atoms with van der Waals surface area (Å²) in [4.78, 5) is 8.10. The van der Waals surface area contributed by atoms with Crippen LogP contribution in [-0.4, -0.2) is 35.1 Å². The van der Waals surface area contributed by atoms with Gasteiger partial charge in [-0.05, 0) is 23.8 Å². The van der Waals surface area contributed by atoms with Crippen LogP contribution in [0, 0.1) is 5.92 Å². The molecule has 0 spiro atoms. The van der Waals surface area contributed by atoms with Crippen molar-refractivity contribution in [3.05, 3.63) is 11.2 Å². The molecule has 0 bridgehead atoms. The van der Waals surface area contributed by atoms with Crippen LogP contribution in [0.1, 0.15) is 6.42 Å². The third kappa shape index (κ3) is 2.92. The number of ether oxygens (including phenoxy) is 1. The van der Waals surface area contributed by atoms with Crippen molar-refractivity contribution in [2.45, 2.75) is 6.42 Å². The minimum Gasteiger partial charge on any atom is -0.467 e. The van der Waals surface area contributed by atoms with Crippen LogP contribution in [0.3, 0.4) is 0 Å². The minimum absolute atomic E-state index is 0.340. The summed E-state index contributed by atoms with van der Waals surface area (Å²) < 4.78 is 4.96. The van der Waals surface area contributed by atoms with E-state index in [4.69, 9.17) is 16.3 Å². The first-order valence-electron chi connectivity index (χ1n) is 5.17. The largest absolute Gasteiger partial charge is 0.467 e. The number of anilines is 1. The first-order valence-corrected chi connectivity index (χ1v) is 6.71. The molecule has 0 radical (unpaired) electrons. The maximum absolute atomic E-state index is 5.99. The average molecular weight is 260 g/mol. The summed E-state index contributed by atoms with van der Waals surface area (Å²) in [5.74, 6) is 3.84. The third-order valence-electron chi connectivity index (χ3n) is 2.49. The van der Waals surface area contributed by atoms with Crippen molar-refractivity contribution in [2.24, 2.45) is 5.92 Å². The molecule has 1 fully saturated rings. The van der Waals surface area contributed by atoms with Gasteiger partial charge in [-0.15, -0.1) is 0 Å². The van der Waals surface area contributed by atoms with E-state index in [1.54, 1.807) is 13.3 Å². The lowest BCUT2D eigenvalue weighted by atomic mass is 10.1. The van der Waals surface area contributed by atoms with Crippen LogP contribution in [0.25, 0.3) is 0 Å². The number of hydrogen-bond acceptors (Lipinski definition) is 5. The van der Waals surface area contributed by atoms with E-state index in [-0.39, 0.29) is 0 Å². The second-order valence-corrected chi connectivity index (χ2v) is 5.22. The van der Waals surface area contributed by atoms with E-state index in [0.29, 0.717) is 22.8 Å². The molecule has 0 amide bonds. The van der Waals surface area contributed by atoms with E-state index in [1.807, 2.05) is 11.8 Å². The Morgan fingerprint density at radius 3 is 3.25 bits per heavy atom. The number of methoxy groups -OCH3 is 1. The van der Waals surface area contributed by atoms with E-state index < -0.39 is 0 Å². The van der Waals surface area contributed by atoms with Gasteiger partial charge in [-0.25, -0.2) is 4.98 Å². The van der Waals surface area contributed by atoms with Gasteiger partial charge < -0.3 is 10.1 Å². The number of thioether (sulfide) groups is 1. The molecule has 1 N–H and O–H groups in total. The first-order chi connectivity index (χ1) is 7.79. The first kappa shape index (κ1) is 11.8. The van der Waals surface area contributed by atoms with Crippen LogP contribution in [-0.2, 0) is 0 Å². The lowest BCUT2D eigenvalue weighted by Crippen LogP contribution is -2.14. The molecule has 1 aliphatic rings. The summed E-state index contributed by atoms with van der Waals surface area (Å²) in [6, 6.07) is 0.340. The molecular formula is C10H14ClN3OS. The lowest BCUT2D eigenvalue weighted by molar-refractivity contribution is 0.380. The minimum atomic E-state index is 0.340. The number of nitrogens with one attached hydrogen (secondary N) is 1. The monoisotopic (exact) mass is 259 g/mol. The zero-order valence-corrected chi connectivity index (χ0v) is 10.6. The summed E-state index contributed by atoms with van der Waals surface area (Å²) in [6.45, 7) is 0.910. The van der Waals surface area contributed by atoms with Gasteiger partial charge in [0, 0.05) is 6.54 Å². The number of aromatic nitrogens is 2. The average Bonchev–Trinajstić information content (AvgIpc) is 2.81. The van der Waals surface area contributed by atoms with Crippen molar-refractivity contribution >= 4 is 29.2 Å². The van der Waals surface area contributed by atoms with Crippen LogP contribution in [0.4, 0.5) is 5.82 Å². The maximum Gasteiger partial charge on any atom is 0.318 e. The van der Waals surface area contributed by atoms with Crippen LogP contribution in [0.15, 0.2) is 6.20 Å². The highest BCUT2D eigenvalue weighted by molar-refractivity contribution is 7.99. The summed E-state index contributed by atoms with van der Waals surface area (Å²) in [7, 11) is 1.54. The molecule has 88 valence electrons. The van der Waals surface area contributed by atoms with Crippen molar-refractivity contribution in [3.8, 4) is 6.01 Å². The van der Waals surface area contributed by atoms with E-state index >= 15 is 0 Å². The molecular weight excluding hydrogens is 246 g/mol. The van der Waals surface area contributed by atoms with Gasteiger partial charge in [-0.2, -0.15) is 16.7 Å². The lowest BCUT2D eigenvalue weighted by Gasteiger charge is -2.11. The van der Waals surface area contributed by atoms with Gasteiger partial charge in [-0.1, -0.05) is 11.6 Å². The third-order valence-corrected chi connectivity index (χ3v) is 3.99. The highest BCUT2D eigenvalue weighted by atomic mass is 35.5. The van der Waals surface area contributed by atoms with E-state index in [2.05, 4.69) is 15.3 Å². The van der Waals surface area contributed by atoms with Crippen LogP contribution >= 0.6 is 23.4 Å². The van der Waals surface area contributed by atoms with Crippen LogP contribution in [0.2, 0.25) is 5.02 Å². The molecule has 1 atom stereocenters. The molecule has 6 heteroatoms. The SMILES string of the molecule is COc1ncc(Cl)c(NCC2CCSC2)n1. The van der Waals surface area contributed by atoms with Crippen molar-refractivity contribution in [2.75, 3.05) is 30.5 Å². The fourth-order valence-corrected chi connectivity index (χ4v) is 3.00. The molecule has 1 aromatic heterocycles. The van der Waals surface area contributed by atoms with Gasteiger partial charge in [-0.3, -0.25) is 0 Å². The van der Waals surface area contributed by atoms with E-state index in [0.717, 1.165) is 6.54 Å². The van der Waals surface area contributed by atoms with Gasteiger partial charge in [0.05, 0.1) is 13.3 Å². The summed E-state index contributed by atoms with van der Waals surface area (Å²) in [5.41, 5.74) is 0. The topological polar surface area (TPSA) is 47.0 Å². The molecule has 2 rings (SSSR count). The zero-order valence-electron chi connectivity index (χ0n) is 9.07. The zero-order chi connectivity index (χ0) is 11.4. The summed E-state index contributed by atoms with van der Waals surface area (Å²) in [5, 5.41) is 3.79. The van der Waals surface area contributed by atoms with Gasteiger partial charge in [0.1, 0.15) is 5.02 Å². The fraction of sp³-hybridized carbons (Fsp3) is 0.600. The summed E-state index contributed by atoms with van der Waals surface area (Å²) in [6.07, 6.45) is 2.82. The molecule has 1 aliphatic heterocycles. The van der Waals surface area contributed by atoms with Crippen LogP contribution in [0.5, 0.6) is 6.01 Å². The standard InChI is InChI=1S/C10H14ClN3OS/c1-15-10-13-5-8(11)9(14-10)12-4-7-2-3-16-6-7/h5,7H,2-4,6H2,1H3,(H,12,13,14). The molecule has 2 heterocycles. The highest BCUT2D eigenvalue weighted by Crippen LogP contribution is 2.25. The number of hydrogen-bond donors (Lipinski definition) is 1. The van der Waals surface area contributed by atoms with Gasteiger partial charge >= 0.3 is 6.01 Å². The Bertz CT molecular complexity index is 358. The molecule has 4 nitrogen and oxygen atoms in total. The van der Waals surface area contributed by atoms with Gasteiger partial charge in [0.25, 0.3) is 0 Å². The Hall–Kier alpha value is -0.680. The molecule has 16 heavy (non-hydrogen) atoms. The number of nitrogens with zero attached hydrogens (tertiary/aromatic N) is 2. The molecule has 1 aromatic rings. The fourth-order valence-electron chi connectivity index (χ4n) is 1.56. The quantitative estimate of drug-likeness (QED) is 0.899. The normalized spacial score (nSPS) is 19.8. The number of halogens is 1. The van der Waals surface area contributed by atoms with Crippen molar-refractivity contribution in [1.29, 1.82) is 0 Å². The molecule has 0 saturated carbocycles. The molecule has 1 saturated heterocycles. The van der Waals surface area contributed by atoms with Crippen molar-refractivity contribution in [3.63, 3.8) is 0 Å². The smallest absolute Gasteiger partial charge is 0.318 e. The summed E-state index contributed by atoms with van der Waals surface area (Å²) >= 11 is 7.99. The van der Waals surface area contributed by atoms with E-state index in [1.165, 1.54) is 17.9 Å². The maximum atomic E-state index is 5.99. The van der Waals surface area contributed by atoms with Gasteiger partial charge in [0.2, 0.25) is 0 Å². The van der Waals surface area contributed by atoms with Gasteiger partial charge in [0.15, 0.2) is 5.82 Å². The molecule has 1 unspecified atom stereocenters. The Balaban J connectivity index is 1.96. The Labute approximate surface area is 104 Å². The Morgan fingerprint density at radius 1 is 1.69 bits per heavy atom. The predicted octanol–water partition coefficient (Wildman–Crippen LogP) is 2.30. The highest BCUT2D eigenvalue weighted by Gasteiger charge is 2.16. The predicted molar refractivity (Wildman–Crippen MR) is 67.5 cm³/mol. The van der Waals surface area contributed by atoms with E-state index in [9.17, 15) is 0 Å². The second kappa shape index (κ2) is 5.59. The molecule has 0 aliphatic carbocycles. The van der Waals surface area contributed by atoms with Crippen LogP contribution < -0.4 is 10.1 Å². The number of rotatable bonds is 4. The van der Waals surface area contributed by atoms with Crippen molar-refractivity contribution < 1.29 is 4.74 Å². The Morgan fingerprint density at radius 2 is 2.56 bits per heavy atom. The Kier molecular flexibility index (Phi) is 4.12. The second-order valence-electron chi connectivity index (χ2n) is 3.66. The molecule has 0 aromatic carbocycles.